The zero-order valence-corrected chi connectivity index (χ0v) is 13.8. The first kappa shape index (κ1) is 17.8. The van der Waals surface area contributed by atoms with Gasteiger partial charge in [0.2, 0.25) is 0 Å². The van der Waals surface area contributed by atoms with E-state index in [1.54, 1.807) is 0 Å². The number of hydrogen-bond donors (Lipinski definition) is 3. The molecule has 2 aliphatic rings. The number of nitrogens with zero attached hydrogens (tertiary/aromatic N) is 1. The molecular formula is C16H23NO5S. The molecule has 0 amide bonds. The Kier molecular flexibility index (Phi) is 6.44. The average molecular weight is 341 g/mol. The SMILES string of the molecule is C=C(CCO)C(=O)OCC1CC(C(=O)O)CCN1[SH]1C=CC=C1. The van der Waals surface area contributed by atoms with Crippen molar-refractivity contribution in [3.8, 4) is 0 Å². The van der Waals surface area contributed by atoms with Gasteiger partial charge in [0.1, 0.15) is 6.61 Å². The van der Waals surface area contributed by atoms with Crippen LogP contribution in [0, 0.1) is 5.92 Å². The van der Waals surface area contributed by atoms with Crippen LogP contribution in [0.4, 0.5) is 0 Å². The predicted octanol–water partition coefficient (Wildman–Crippen LogP) is 1.59. The number of piperidine rings is 1. The fourth-order valence-corrected chi connectivity index (χ4v) is 4.61. The van der Waals surface area contributed by atoms with Crippen molar-refractivity contribution < 1.29 is 24.5 Å². The van der Waals surface area contributed by atoms with Crippen molar-refractivity contribution in [3.05, 3.63) is 35.1 Å². The topological polar surface area (TPSA) is 87.1 Å². The highest BCUT2D eigenvalue weighted by Gasteiger charge is 2.34. The second-order valence-corrected chi connectivity index (χ2v) is 7.49. The zero-order chi connectivity index (χ0) is 16.8. The van der Waals surface area contributed by atoms with Gasteiger partial charge in [0, 0.05) is 25.1 Å². The van der Waals surface area contributed by atoms with Gasteiger partial charge in [-0.15, -0.1) is 0 Å². The molecular weight excluding hydrogens is 318 g/mol. The number of aliphatic hydroxyl groups is 1. The number of esters is 1. The van der Waals surface area contributed by atoms with Gasteiger partial charge in [-0.3, -0.25) is 9.10 Å². The van der Waals surface area contributed by atoms with Gasteiger partial charge in [0.15, 0.2) is 0 Å². The van der Waals surface area contributed by atoms with Crippen LogP contribution in [0.15, 0.2) is 35.1 Å². The first-order valence-corrected chi connectivity index (χ1v) is 9.04. The number of aliphatic hydroxyl groups excluding tert-OH is 1. The number of hydrogen-bond acceptors (Lipinski definition) is 5. The van der Waals surface area contributed by atoms with E-state index >= 15 is 0 Å². The Bertz CT molecular complexity index is 519. The third-order valence-electron chi connectivity index (χ3n) is 4.03. The van der Waals surface area contributed by atoms with Gasteiger partial charge in [-0.05, 0) is 23.7 Å². The molecule has 0 radical (unpaired) electrons. The summed E-state index contributed by atoms with van der Waals surface area (Å²) in [6.45, 7) is 4.26. The van der Waals surface area contributed by atoms with E-state index in [0.29, 0.717) is 19.4 Å². The first-order chi connectivity index (χ1) is 11.0. The van der Waals surface area contributed by atoms with Crippen molar-refractivity contribution >= 4 is 23.0 Å². The lowest BCUT2D eigenvalue weighted by Crippen LogP contribution is -2.44. The Morgan fingerprint density at radius 2 is 2.04 bits per heavy atom. The molecule has 0 spiro atoms. The van der Waals surface area contributed by atoms with Crippen LogP contribution in [0.5, 0.6) is 0 Å². The highest BCUT2D eigenvalue weighted by atomic mass is 32.2. The standard InChI is InChI=1S/C16H23NO5S/c1-12(5-7-18)16(21)22-11-14-10-13(15(19)20)4-6-17(14)23-8-2-3-9-23/h2-3,8-9,13-14,18,23H,1,4-7,10-11H2,(H,19,20). The molecule has 7 heteroatoms. The minimum atomic E-state index is -0.795. The van der Waals surface area contributed by atoms with E-state index in [1.165, 1.54) is 0 Å². The summed E-state index contributed by atoms with van der Waals surface area (Å²) >= 11 is -0.568. The summed E-state index contributed by atoms with van der Waals surface area (Å²) in [6, 6.07) is -0.116. The second-order valence-electron chi connectivity index (χ2n) is 5.62. The fraction of sp³-hybridized carbons (Fsp3) is 0.500. The van der Waals surface area contributed by atoms with Gasteiger partial charge in [-0.25, -0.2) is 4.79 Å². The van der Waals surface area contributed by atoms with Crippen LogP contribution in [-0.2, 0) is 14.3 Å². The van der Waals surface area contributed by atoms with Crippen LogP contribution < -0.4 is 0 Å². The van der Waals surface area contributed by atoms with E-state index in [2.05, 4.69) is 21.7 Å². The van der Waals surface area contributed by atoms with Gasteiger partial charge in [0.05, 0.1) is 12.0 Å². The summed E-state index contributed by atoms with van der Waals surface area (Å²) in [5.41, 5.74) is 0.232. The first-order valence-electron chi connectivity index (χ1n) is 7.61. The lowest BCUT2D eigenvalue weighted by molar-refractivity contribution is -0.144. The molecule has 0 aromatic heterocycles. The smallest absolute Gasteiger partial charge is 0.333 e. The van der Waals surface area contributed by atoms with E-state index in [-0.39, 0.29) is 31.2 Å². The summed E-state index contributed by atoms with van der Waals surface area (Å²) in [7, 11) is 0. The molecule has 6 nitrogen and oxygen atoms in total. The largest absolute Gasteiger partial charge is 0.481 e. The van der Waals surface area contributed by atoms with Crippen molar-refractivity contribution in [2.75, 3.05) is 19.8 Å². The summed E-state index contributed by atoms with van der Waals surface area (Å²) in [5, 5.41) is 22.3. The molecule has 128 valence electrons. The molecule has 1 saturated heterocycles. The molecule has 0 aromatic carbocycles. The predicted molar refractivity (Wildman–Crippen MR) is 89.9 cm³/mol. The molecule has 1 fully saturated rings. The summed E-state index contributed by atoms with van der Waals surface area (Å²) in [6.07, 6.45) is 5.23. The van der Waals surface area contributed by atoms with E-state index in [4.69, 9.17) is 9.84 Å². The zero-order valence-electron chi connectivity index (χ0n) is 12.9. The molecule has 2 N–H and O–H groups in total. The minimum absolute atomic E-state index is 0.116. The normalized spacial score (nSPS) is 25.5. The number of allylic oxidation sites excluding steroid dienone is 2. The molecule has 2 aliphatic heterocycles. The lowest BCUT2D eigenvalue weighted by Gasteiger charge is -2.41. The molecule has 2 heterocycles. The molecule has 2 rings (SSSR count). The Morgan fingerprint density at radius 1 is 1.35 bits per heavy atom. The van der Waals surface area contributed by atoms with E-state index in [9.17, 15) is 14.7 Å². The number of ether oxygens (including phenoxy) is 1. The fourth-order valence-electron chi connectivity index (χ4n) is 2.73. The Morgan fingerprint density at radius 3 is 2.65 bits per heavy atom. The number of aliphatic carboxylic acids is 1. The van der Waals surface area contributed by atoms with Crippen LogP contribution in [0.2, 0.25) is 0 Å². The van der Waals surface area contributed by atoms with E-state index in [1.807, 2.05) is 12.2 Å². The molecule has 0 saturated carbocycles. The third kappa shape index (κ3) is 4.70. The molecule has 0 aliphatic carbocycles. The number of rotatable bonds is 7. The van der Waals surface area contributed by atoms with Gasteiger partial charge < -0.3 is 14.9 Å². The molecule has 23 heavy (non-hydrogen) atoms. The quantitative estimate of drug-likeness (QED) is 0.370. The highest BCUT2D eigenvalue weighted by Crippen LogP contribution is 2.42. The van der Waals surface area contributed by atoms with E-state index < -0.39 is 28.9 Å². The van der Waals surface area contributed by atoms with Crippen molar-refractivity contribution in [3.63, 3.8) is 0 Å². The Labute approximate surface area is 138 Å². The van der Waals surface area contributed by atoms with Gasteiger partial charge in [-0.1, -0.05) is 18.7 Å². The number of carbonyl (C=O) groups is 2. The molecule has 2 unspecified atom stereocenters. The second kappa shape index (κ2) is 8.33. The highest BCUT2D eigenvalue weighted by molar-refractivity contribution is 8.20. The number of carboxylic acids is 1. The molecule has 0 bridgehead atoms. The maximum Gasteiger partial charge on any atom is 0.333 e. The van der Waals surface area contributed by atoms with Crippen molar-refractivity contribution in [1.82, 2.24) is 4.31 Å². The van der Waals surface area contributed by atoms with Crippen LogP contribution in [0.3, 0.4) is 0 Å². The van der Waals surface area contributed by atoms with Crippen LogP contribution in [-0.4, -0.2) is 52.3 Å². The Balaban J connectivity index is 1.98. The van der Waals surface area contributed by atoms with Crippen molar-refractivity contribution in [2.24, 2.45) is 5.92 Å². The average Bonchev–Trinajstić information content (AvgIpc) is 3.06. The van der Waals surface area contributed by atoms with Crippen molar-refractivity contribution in [2.45, 2.75) is 25.3 Å². The summed E-state index contributed by atoms with van der Waals surface area (Å²) < 4.78 is 7.52. The van der Waals surface area contributed by atoms with Crippen molar-refractivity contribution in [1.29, 1.82) is 0 Å². The monoisotopic (exact) mass is 341 g/mol. The molecule has 0 aromatic rings. The summed E-state index contributed by atoms with van der Waals surface area (Å²) in [4.78, 5) is 23.1. The number of thiol groups is 1. The maximum absolute atomic E-state index is 11.8. The van der Waals surface area contributed by atoms with Gasteiger partial charge in [-0.2, -0.15) is 11.1 Å². The van der Waals surface area contributed by atoms with Crippen LogP contribution in [0.1, 0.15) is 19.3 Å². The van der Waals surface area contributed by atoms with E-state index in [0.717, 1.165) is 0 Å². The van der Waals surface area contributed by atoms with Gasteiger partial charge >= 0.3 is 11.9 Å². The number of carbonyl (C=O) groups excluding carboxylic acids is 1. The Hall–Kier alpha value is -1.57. The lowest BCUT2D eigenvalue weighted by atomic mass is 9.93. The number of carboxylic acid groups (broad SMARTS) is 1. The van der Waals surface area contributed by atoms with Crippen LogP contribution in [0.25, 0.3) is 0 Å². The van der Waals surface area contributed by atoms with Gasteiger partial charge in [0.25, 0.3) is 0 Å². The minimum Gasteiger partial charge on any atom is -0.481 e. The maximum atomic E-state index is 11.8. The summed E-state index contributed by atoms with van der Waals surface area (Å²) in [5.74, 6) is -1.72. The molecule has 2 atom stereocenters. The third-order valence-corrected chi connectivity index (χ3v) is 6.10. The van der Waals surface area contributed by atoms with Crippen LogP contribution >= 0.6 is 11.1 Å².